The maximum absolute atomic E-state index is 13.5. The topological polar surface area (TPSA) is 72.2 Å². The number of carbonyl (C=O) groups is 1. The molecule has 0 aromatic heterocycles. The van der Waals surface area contributed by atoms with E-state index in [1.807, 2.05) is 0 Å². The number of nitro benzene ring substituents is 1. The van der Waals surface area contributed by atoms with Crippen LogP contribution >= 0.6 is 15.9 Å². The normalized spacial score (nSPS) is 10.2. The number of hydrogen-bond donors (Lipinski definition) is 1. The number of halogens is 3. The van der Waals surface area contributed by atoms with Crippen molar-refractivity contribution in [2.45, 2.75) is 0 Å². The molecule has 0 radical (unpaired) electrons. The molecule has 0 heterocycles. The first-order chi connectivity index (χ1) is 9.90. The van der Waals surface area contributed by atoms with E-state index in [4.69, 9.17) is 0 Å². The van der Waals surface area contributed by atoms with Crippen LogP contribution in [0.4, 0.5) is 20.2 Å². The van der Waals surface area contributed by atoms with Crippen LogP contribution in [-0.4, -0.2) is 10.8 Å². The SMILES string of the molecule is O=C(Nc1cc([N+](=O)[O-])ccc1Br)c1cccc(F)c1F. The zero-order valence-corrected chi connectivity index (χ0v) is 11.9. The molecule has 1 amide bonds. The van der Waals surface area contributed by atoms with Crippen molar-refractivity contribution >= 4 is 33.2 Å². The van der Waals surface area contributed by atoms with Gasteiger partial charge in [0.25, 0.3) is 11.6 Å². The van der Waals surface area contributed by atoms with Crippen LogP contribution in [0.1, 0.15) is 10.4 Å². The van der Waals surface area contributed by atoms with Gasteiger partial charge in [0.05, 0.1) is 16.2 Å². The molecule has 0 spiro atoms. The number of non-ortho nitro benzene ring substituents is 1. The standard InChI is InChI=1S/C13H7BrF2N2O3/c14-9-5-4-7(18(20)21)6-11(9)17-13(19)8-2-1-3-10(15)12(8)16/h1-6H,(H,17,19). The van der Waals surface area contributed by atoms with Crippen molar-refractivity contribution < 1.29 is 18.5 Å². The Hall–Kier alpha value is -2.35. The Morgan fingerprint density at radius 3 is 2.62 bits per heavy atom. The summed E-state index contributed by atoms with van der Waals surface area (Å²) in [5, 5.41) is 13.0. The average Bonchev–Trinajstić information content (AvgIpc) is 2.43. The molecule has 5 nitrogen and oxygen atoms in total. The fraction of sp³-hybridized carbons (Fsp3) is 0. The second-order valence-electron chi connectivity index (χ2n) is 3.98. The molecule has 0 aliphatic rings. The van der Waals surface area contributed by atoms with Gasteiger partial charge in [-0.2, -0.15) is 0 Å². The highest BCUT2D eigenvalue weighted by Crippen LogP contribution is 2.27. The summed E-state index contributed by atoms with van der Waals surface area (Å²) in [5.41, 5.74) is -0.653. The molecule has 0 fully saturated rings. The monoisotopic (exact) mass is 356 g/mol. The summed E-state index contributed by atoms with van der Waals surface area (Å²) >= 11 is 3.11. The minimum Gasteiger partial charge on any atom is -0.321 e. The van der Waals surface area contributed by atoms with Gasteiger partial charge in [0.15, 0.2) is 11.6 Å². The van der Waals surface area contributed by atoms with Crippen LogP contribution in [0, 0.1) is 21.7 Å². The maximum atomic E-state index is 13.5. The van der Waals surface area contributed by atoms with Crippen molar-refractivity contribution in [1.29, 1.82) is 0 Å². The number of anilines is 1. The van der Waals surface area contributed by atoms with Crippen molar-refractivity contribution in [2.75, 3.05) is 5.32 Å². The summed E-state index contributed by atoms with van der Waals surface area (Å²) in [6.45, 7) is 0. The summed E-state index contributed by atoms with van der Waals surface area (Å²) in [6, 6.07) is 6.90. The molecule has 8 heteroatoms. The van der Waals surface area contributed by atoms with Crippen LogP contribution in [0.3, 0.4) is 0 Å². The molecule has 0 bridgehead atoms. The Morgan fingerprint density at radius 1 is 1.24 bits per heavy atom. The van der Waals surface area contributed by atoms with E-state index in [0.29, 0.717) is 4.47 Å². The molecular formula is C13H7BrF2N2O3. The molecule has 0 aliphatic heterocycles. The number of nitro groups is 1. The predicted octanol–water partition coefficient (Wildman–Crippen LogP) is 3.89. The van der Waals surface area contributed by atoms with Gasteiger partial charge in [-0.15, -0.1) is 0 Å². The smallest absolute Gasteiger partial charge is 0.271 e. The lowest BCUT2D eigenvalue weighted by Crippen LogP contribution is -2.15. The average molecular weight is 357 g/mol. The first kappa shape index (κ1) is 15.0. The van der Waals surface area contributed by atoms with Crippen molar-refractivity contribution in [3.05, 3.63) is 68.2 Å². The molecule has 2 aromatic carbocycles. The molecule has 1 N–H and O–H groups in total. The third-order valence-corrected chi connectivity index (χ3v) is 3.30. The van der Waals surface area contributed by atoms with E-state index < -0.39 is 28.0 Å². The molecule has 2 rings (SSSR count). The Balaban J connectivity index is 2.33. The van der Waals surface area contributed by atoms with Gasteiger partial charge in [0, 0.05) is 16.6 Å². The van der Waals surface area contributed by atoms with Gasteiger partial charge in [0.1, 0.15) is 0 Å². The van der Waals surface area contributed by atoms with E-state index in [1.54, 1.807) is 0 Å². The van der Waals surface area contributed by atoms with E-state index in [9.17, 15) is 23.7 Å². The zero-order chi connectivity index (χ0) is 15.6. The van der Waals surface area contributed by atoms with Crippen LogP contribution in [0.2, 0.25) is 0 Å². The highest BCUT2D eigenvalue weighted by atomic mass is 79.9. The molecule has 0 aliphatic carbocycles. The quantitative estimate of drug-likeness (QED) is 0.669. The fourth-order valence-electron chi connectivity index (χ4n) is 1.59. The Morgan fingerprint density at radius 2 is 1.95 bits per heavy atom. The summed E-state index contributed by atoms with van der Waals surface area (Å²) < 4.78 is 27.0. The van der Waals surface area contributed by atoms with Crippen LogP contribution in [-0.2, 0) is 0 Å². The van der Waals surface area contributed by atoms with Crippen molar-refractivity contribution in [1.82, 2.24) is 0 Å². The molecule has 21 heavy (non-hydrogen) atoms. The second-order valence-corrected chi connectivity index (χ2v) is 4.83. The number of carbonyl (C=O) groups excluding carboxylic acids is 1. The van der Waals surface area contributed by atoms with Gasteiger partial charge in [-0.1, -0.05) is 6.07 Å². The minimum atomic E-state index is -1.28. The van der Waals surface area contributed by atoms with Crippen LogP contribution in [0.15, 0.2) is 40.9 Å². The lowest BCUT2D eigenvalue weighted by molar-refractivity contribution is -0.384. The number of amides is 1. The number of nitrogens with zero attached hydrogens (tertiary/aromatic N) is 1. The minimum absolute atomic E-state index is 0.0814. The van der Waals surface area contributed by atoms with E-state index in [0.717, 1.165) is 18.2 Å². The highest BCUT2D eigenvalue weighted by Gasteiger charge is 2.17. The lowest BCUT2D eigenvalue weighted by Gasteiger charge is -2.08. The summed E-state index contributed by atoms with van der Waals surface area (Å²) in [5.74, 6) is -3.34. The number of hydrogen-bond acceptors (Lipinski definition) is 3. The van der Waals surface area contributed by atoms with Crippen molar-refractivity contribution in [3.63, 3.8) is 0 Å². The van der Waals surface area contributed by atoms with Gasteiger partial charge in [-0.3, -0.25) is 14.9 Å². The van der Waals surface area contributed by atoms with Gasteiger partial charge < -0.3 is 5.32 Å². The fourth-order valence-corrected chi connectivity index (χ4v) is 1.94. The van der Waals surface area contributed by atoms with Crippen molar-refractivity contribution in [3.8, 4) is 0 Å². The maximum Gasteiger partial charge on any atom is 0.271 e. The number of nitrogens with one attached hydrogen (secondary N) is 1. The molecular weight excluding hydrogens is 350 g/mol. The summed E-state index contributed by atoms with van der Waals surface area (Å²) in [4.78, 5) is 22.0. The second kappa shape index (κ2) is 5.96. The van der Waals surface area contributed by atoms with E-state index in [2.05, 4.69) is 21.2 Å². The third kappa shape index (κ3) is 3.22. The molecule has 0 unspecified atom stereocenters. The summed E-state index contributed by atoms with van der Waals surface area (Å²) in [6.07, 6.45) is 0. The van der Waals surface area contributed by atoms with E-state index in [-0.39, 0.29) is 11.4 Å². The van der Waals surface area contributed by atoms with Gasteiger partial charge in [-0.05, 0) is 34.1 Å². The Labute approximate surface area is 125 Å². The largest absolute Gasteiger partial charge is 0.321 e. The number of rotatable bonds is 3. The highest BCUT2D eigenvalue weighted by molar-refractivity contribution is 9.10. The van der Waals surface area contributed by atoms with Gasteiger partial charge >= 0.3 is 0 Å². The van der Waals surface area contributed by atoms with Gasteiger partial charge in [-0.25, -0.2) is 8.78 Å². The predicted molar refractivity (Wildman–Crippen MR) is 75.1 cm³/mol. The first-order valence-corrected chi connectivity index (χ1v) is 6.38. The Kier molecular flexibility index (Phi) is 4.27. The summed E-state index contributed by atoms with van der Waals surface area (Å²) in [7, 11) is 0. The van der Waals surface area contributed by atoms with Gasteiger partial charge in [0.2, 0.25) is 0 Å². The van der Waals surface area contributed by atoms with E-state index >= 15 is 0 Å². The van der Waals surface area contributed by atoms with Crippen LogP contribution in [0.25, 0.3) is 0 Å². The molecule has 0 saturated carbocycles. The Bertz CT molecular complexity index is 737. The third-order valence-electron chi connectivity index (χ3n) is 2.61. The number of benzene rings is 2. The van der Waals surface area contributed by atoms with Crippen LogP contribution < -0.4 is 5.32 Å². The first-order valence-electron chi connectivity index (χ1n) is 5.59. The molecule has 0 saturated heterocycles. The zero-order valence-electron chi connectivity index (χ0n) is 10.3. The van der Waals surface area contributed by atoms with Crippen molar-refractivity contribution in [2.24, 2.45) is 0 Å². The molecule has 0 atom stereocenters. The molecule has 108 valence electrons. The van der Waals surface area contributed by atoms with E-state index in [1.165, 1.54) is 18.2 Å². The van der Waals surface area contributed by atoms with Crippen LogP contribution in [0.5, 0.6) is 0 Å². The molecule has 2 aromatic rings. The lowest BCUT2D eigenvalue weighted by atomic mass is 10.2.